The second-order valence-electron chi connectivity index (χ2n) is 8.46. The maximum Gasteiger partial charge on any atom is 0.258 e. The van der Waals surface area contributed by atoms with Crippen LogP contribution in [0.5, 0.6) is 5.75 Å². The minimum absolute atomic E-state index is 0.0565. The molecule has 2 N–H and O–H groups in total. The number of anilines is 3. The van der Waals surface area contributed by atoms with Gasteiger partial charge in [0.25, 0.3) is 5.91 Å². The van der Waals surface area contributed by atoms with Crippen LogP contribution < -0.4 is 20.3 Å². The summed E-state index contributed by atoms with van der Waals surface area (Å²) in [5.74, 6) is 0.260. The molecule has 0 bridgehead atoms. The Morgan fingerprint density at radius 1 is 1.03 bits per heavy atom. The summed E-state index contributed by atoms with van der Waals surface area (Å²) in [5, 5.41) is 6.87. The van der Waals surface area contributed by atoms with Crippen LogP contribution in [0.1, 0.15) is 11.1 Å². The third kappa shape index (κ3) is 5.16. The van der Waals surface area contributed by atoms with Crippen LogP contribution in [0.25, 0.3) is 11.3 Å². The molecule has 7 nitrogen and oxygen atoms in total. The first-order chi connectivity index (χ1) is 16.8. The summed E-state index contributed by atoms with van der Waals surface area (Å²) in [4.78, 5) is 29.0. The van der Waals surface area contributed by atoms with Crippen LogP contribution in [-0.4, -0.2) is 51.5 Å². The van der Waals surface area contributed by atoms with Gasteiger partial charge in [-0.2, -0.15) is 0 Å². The fourth-order valence-electron chi connectivity index (χ4n) is 3.96. The number of amides is 2. The largest absolute Gasteiger partial charge is 0.494 e. The summed E-state index contributed by atoms with van der Waals surface area (Å²) in [7, 11) is 6.98. The van der Waals surface area contributed by atoms with Gasteiger partial charge in [0, 0.05) is 29.4 Å². The van der Waals surface area contributed by atoms with Gasteiger partial charge in [0.1, 0.15) is 5.75 Å². The van der Waals surface area contributed by atoms with Crippen LogP contribution in [0.15, 0.2) is 66.7 Å². The number of rotatable bonds is 7. The van der Waals surface area contributed by atoms with Crippen LogP contribution in [0.3, 0.4) is 0 Å². The molecule has 0 aromatic heterocycles. The summed E-state index contributed by atoms with van der Waals surface area (Å²) >= 11 is 6.14. The van der Waals surface area contributed by atoms with E-state index in [0.29, 0.717) is 39.1 Å². The maximum absolute atomic E-state index is 13.1. The summed E-state index contributed by atoms with van der Waals surface area (Å²) in [5.41, 5.74) is 4.81. The van der Waals surface area contributed by atoms with Gasteiger partial charge < -0.3 is 25.2 Å². The normalized spacial score (nSPS) is 13.8. The Kier molecular flexibility index (Phi) is 7.10. The first kappa shape index (κ1) is 24.3. The fraction of sp³-hybridized carbons (Fsp3) is 0.185. The van der Waals surface area contributed by atoms with Gasteiger partial charge in [-0.15, -0.1) is 0 Å². The molecule has 4 rings (SSSR count). The highest BCUT2D eigenvalue weighted by Crippen LogP contribution is 2.39. The van der Waals surface area contributed by atoms with Gasteiger partial charge in [-0.25, -0.2) is 0 Å². The number of fused-ring (bicyclic) bond motifs is 1. The first-order valence-electron chi connectivity index (χ1n) is 11.1. The van der Waals surface area contributed by atoms with E-state index in [1.165, 1.54) is 0 Å². The van der Waals surface area contributed by atoms with Crippen molar-refractivity contribution in [2.75, 3.05) is 50.3 Å². The number of benzene rings is 3. The first-order valence-corrected chi connectivity index (χ1v) is 11.4. The molecule has 3 aromatic rings. The molecule has 0 saturated heterocycles. The summed E-state index contributed by atoms with van der Waals surface area (Å²) in [6.07, 6.45) is 0. The molecule has 3 aromatic carbocycles. The Hall–Kier alpha value is -3.81. The van der Waals surface area contributed by atoms with Crippen LogP contribution in [-0.2, 0) is 9.59 Å². The van der Waals surface area contributed by atoms with E-state index in [0.717, 1.165) is 11.1 Å². The number of nitrogens with one attached hydrogen (secondary N) is 2. The van der Waals surface area contributed by atoms with Crippen molar-refractivity contribution in [3.63, 3.8) is 0 Å². The average Bonchev–Trinajstić information content (AvgIpc) is 3.16. The smallest absolute Gasteiger partial charge is 0.258 e. The predicted molar refractivity (Wildman–Crippen MR) is 142 cm³/mol. The van der Waals surface area contributed by atoms with E-state index in [9.17, 15) is 9.59 Å². The molecule has 0 aliphatic carbocycles. The third-order valence-corrected chi connectivity index (χ3v) is 5.91. The number of carbonyl (C=O) groups is 2. The SMILES string of the molecule is COc1cc(N/C(=C2\C(=O)Nc3cc(Cl)ccc32)c2ccccc2)ccc1N(C)C(=O)CN(C)C. The molecular formula is C27H27ClN4O3. The monoisotopic (exact) mass is 490 g/mol. The lowest BCUT2D eigenvalue weighted by Gasteiger charge is -2.23. The molecule has 2 amide bonds. The Morgan fingerprint density at radius 3 is 2.46 bits per heavy atom. The minimum atomic E-state index is -0.216. The van der Waals surface area contributed by atoms with Crippen molar-refractivity contribution in [1.29, 1.82) is 0 Å². The molecule has 0 radical (unpaired) electrons. The van der Waals surface area contributed by atoms with E-state index in [2.05, 4.69) is 10.6 Å². The molecule has 1 heterocycles. The highest BCUT2D eigenvalue weighted by Gasteiger charge is 2.29. The number of halogens is 1. The predicted octanol–water partition coefficient (Wildman–Crippen LogP) is 4.81. The van der Waals surface area contributed by atoms with E-state index in [1.807, 2.05) is 73.6 Å². The third-order valence-electron chi connectivity index (χ3n) is 5.67. The van der Waals surface area contributed by atoms with Crippen LogP contribution in [0.4, 0.5) is 17.1 Å². The van der Waals surface area contributed by atoms with E-state index in [-0.39, 0.29) is 18.4 Å². The molecule has 0 fully saturated rings. The van der Waals surface area contributed by atoms with E-state index < -0.39 is 0 Å². The molecule has 0 unspecified atom stereocenters. The van der Waals surface area contributed by atoms with Crippen molar-refractivity contribution >= 4 is 51.7 Å². The zero-order valence-electron chi connectivity index (χ0n) is 20.1. The van der Waals surface area contributed by atoms with Gasteiger partial charge in [0.2, 0.25) is 5.91 Å². The number of hydrogen-bond acceptors (Lipinski definition) is 5. The van der Waals surface area contributed by atoms with Gasteiger partial charge in [-0.3, -0.25) is 9.59 Å². The van der Waals surface area contributed by atoms with E-state index in [1.54, 1.807) is 31.2 Å². The maximum atomic E-state index is 13.1. The number of nitrogens with zero attached hydrogens (tertiary/aromatic N) is 2. The summed E-state index contributed by atoms with van der Waals surface area (Å²) in [6, 6.07) is 20.5. The zero-order valence-corrected chi connectivity index (χ0v) is 20.8. The number of ether oxygens (including phenoxy) is 1. The van der Waals surface area contributed by atoms with Crippen molar-refractivity contribution < 1.29 is 14.3 Å². The Bertz CT molecular complexity index is 1310. The number of carbonyl (C=O) groups excluding carboxylic acids is 2. The van der Waals surface area contributed by atoms with Gasteiger partial charge in [-0.05, 0) is 43.9 Å². The number of methoxy groups -OCH3 is 1. The number of hydrogen-bond donors (Lipinski definition) is 2. The second-order valence-corrected chi connectivity index (χ2v) is 8.90. The van der Waals surface area contributed by atoms with Crippen LogP contribution >= 0.6 is 11.6 Å². The molecule has 180 valence electrons. The van der Waals surface area contributed by atoms with E-state index in [4.69, 9.17) is 16.3 Å². The van der Waals surface area contributed by atoms with Crippen molar-refractivity contribution in [1.82, 2.24) is 4.90 Å². The molecule has 1 aliphatic rings. The molecule has 35 heavy (non-hydrogen) atoms. The van der Waals surface area contributed by atoms with Crippen molar-refractivity contribution in [2.45, 2.75) is 0 Å². The molecule has 0 saturated carbocycles. The van der Waals surface area contributed by atoms with Crippen molar-refractivity contribution in [2.24, 2.45) is 0 Å². The quantitative estimate of drug-likeness (QED) is 0.465. The lowest BCUT2D eigenvalue weighted by molar-refractivity contribution is -0.119. The number of likely N-dealkylation sites (N-methyl/N-ethyl adjacent to an activating group) is 2. The highest BCUT2D eigenvalue weighted by atomic mass is 35.5. The Morgan fingerprint density at radius 2 is 1.77 bits per heavy atom. The second kappa shape index (κ2) is 10.2. The van der Waals surface area contributed by atoms with Gasteiger partial charge in [0.05, 0.1) is 36.3 Å². The molecule has 0 spiro atoms. The van der Waals surface area contributed by atoms with Gasteiger partial charge >= 0.3 is 0 Å². The lowest BCUT2D eigenvalue weighted by Crippen LogP contribution is -2.35. The fourth-order valence-corrected chi connectivity index (χ4v) is 4.14. The summed E-state index contributed by atoms with van der Waals surface area (Å²) in [6.45, 7) is 0.280. The minimum Gasteiger partial charge on any atom is -0.494 e. The standard InChI is InChI=1S/C27H27ClN4O3/c1-31(2)16-24(33)32(3)22-13-11-19(15-23(22)35-4)29-26(17-8-6-5-7-9-17)25-20-12-10-18(28)14-21(20)30-27(25)34/h5-15,29H,16H2,1-4H3,(H,30,34)/b26-25-. The van der Waals surface area contributed by atoms with Crippen molar-refractivity contribution in [3.05, 3.63) is 82.9 Å². The summed E-state index contributed by atoms with van der Waals surface area (Å²) < 4.78 is 5.61. The van der Waals surface area contributed by atoms with Crippen molar-refractivity contribution in [3.8, 4) is 5.75 Å². The van der Waals surface area contributed by atoms with Gasteiger partial charge in [0.15, 0.2) is 0 Å². The molecule has 1 aliphatic heterocycles. The Labute approximate surface area is 209 Å². The molecule has 8 heteroatoms. The van der Waals surface area contributed by atoms with Gasteiger partial charge in [-0.1, -0.05) is 48.0 Å². The topological polar surface area (TPSA) is 73.9 Å². The molecular weight excluding hydrogens is 464 g/mol. The highest BCUT2D eigenvalue weighted by molar-refractivity contribution is 6.38. The average molecular weight is 491 g/mol. The molecule has 0 atom stereocenters. The van der Waals surface area contributed by atoms with Crippen LogP contribution in [0, 0.1) is 0 Å². The zero-order chi connectivity index (χ0) is 25.1. The van der Waals surface area contributed by atoms with E-state index >= 15 is 0 Å². The van der Waals surface area contributed by atoms with Crippen LogP contribution in [0.2, 0.25) is 5.02 Å². The Balaban J connectivity index is 1.77. The lowest BCUT2D eigenvalue weighted by atomic mass is 10.00.